The third kappa shape index (κ3) is 5.08. The Morgan fingerprint density at radius 2 is 1.38 bits per heavy atom. The number of allylic oxidation sites excluding steroid dienone is 1. The summed E-state index contributed by atoms with van der Waals surface area (Å²) < 4.78 is 4.69. The van der Waals surface area contributed by atoms with Crippen LogP contribution in [0.2, 0.25) is 10.0 Å². The molecule has 0 saturated heterocycles. The van der Waals surface area contributed by atoms with Crippen molar-refractivity contribution in [2.75, 3.05) is 7.11 Å². The fourth-order valence-electron chi connectivity index (χ4n) is 1.90. The van der Waals surface area contributed by atoms with Gasteiger partial charge in [-0.3, -0.25) is 4.79 Å². The molecule has 0 heterocycles. The molecule has 0 bridgehead atoms. The van der Waals surface area contributed by atoms with Crippen molar-refractivity contribution in [3.05, 3.63) is 81.4 Å². The lowest BCUT2D eigenvalue weighted by molar-refractivity contribution is -0.137. The quantitative estimate of drug-likeness (QED) is 0.332. The molecule has 5 heteroatoms. The molecule has 0 aliphatic rings. The van der Waals surface area contributed by atoms with E-state index < -0.39 is 11.8 Å². The Morgan fingerprint density at radius 3 is 1.88 bits per heavy atom. The monoisotopic (exact) mass is 360 g/mol. The van der Waals surface area contributed by atoms with Gasteiger partial charge in [0, 0.05) is 10.0 Å². The summed E-state index contributed by atoms with van der Waals surface area (Å²) in [5.41, 5.74) is 1.40. The summed E-state index contributed by atoms with van der Waals surface area (Å²) in [6.45, 7) is 0. The van der Waals surface area contributed by atoms with Gasteiger partial charge in [0.05, 0.1) is 7.11 Å². The van der Waals surface area contributed by atoms with E-state index in [1.165, 1.54) is 19.3 Å². The number of ketones is 1. The Labute approximate surface area is 150 Å². The molecule has 2 rings (SSSR count). The van der Waals surface area contributed by atoms with Crippen molar-refractivity contribution in [2.45, 2.75) is 0 Å². The number of hydrogen-bond donors (Lipinski definition) is 0. The predicted molar refractivity (Wildman–Crippen MR) is 96.9 cm³/mol. The molecule has 24 heavy (non-hydrogen) atoms. The molecule has 0 spiro atoms. The minimum absolute atomic E-state index is 0.0648. The van der Waals surface area contributed by atoms with Crippen molar-refractivity contribution in [2.24, 2.45) is 0 Å². The minimum Gasteiger partial charge on any atom is -0.465 e. The van der Waals surface area contributed by atoms with E-state index in [0.717, 1.165) is 5.56 Å². The van der Waals surface area contributed by atoms with Crippen molar-refractivity contribution >= 4 is 47.1 Å². The van der Waals surface area contributed by atoms with Gasteiger partial charge in [-0.15, -0.1) is 0 Å². The first-order valence-corrected chi connectivity index (χ1v) is 7.79. The molecule has 2 aromatic carbocycles. The van der Waals surface area contributed by atoms with E-state index in [0.29, 0.717) is 15.6 Å². The van der Waals surface area contributed by atoms with Crippen molar-refractivity contribution in [1.82, 2.24) is 0 Å². The fourth-order valence-corrected chi connectivity index (χ4v) is 2.15. The van der Waals surface area contributed by atoms with Crippen LogP contribution < -0.4 is 0 Å². The Bertz CT molecular complexity index is 788. The van der Waals surface area contributed by atoms with E-state index in [-0.39, 0.29) is 5.57 Å². The van der Waals surface area contributed by atoms with Gasteiger partial charge in [-0.2, -0.15) is 0 Å². The number of rotatable bonds is 5. The zero-order valence-electron chi connectivity index (χ0n) is 12.8. The van der Waals surface area contributed by atoms with Gasteiger partial charge in [0.15, 0.2) is 5.78 Å². The molecule has 0 aliphatic heterocycles. The van der Waals surface area contributed by atoms with E-state index >= 15 is 0 Å². The molecular formula is C19H14Cl2O3. The van der Waals surface area contributed by atoms with E-state index in [1.54, 1.807) is 54.6 Å². The van der Waals surface area contributed by atoms with E-state index in [4.69, 9.17) is 27.9 Å². The number of benzene rings is 2. The minimum atomic E-state index is -0.698. The summed E-state index contributed by atoms with van der Waals surface area (Å²) >= 11 is 11.6. The number of carbonyl (C=O) groups excluding carboxylic acids is 2. The maximum atomic E-state index is 12.3. The lowest BCUT2D eigenvalue weighted by Gasteiger charge is -2.02. The van der Waals surface area contributed by atoms with Gasteiger partial charge in [-0.25, -0.2) is 4.79 Å². The SMILES string of the molecule is COC(=O)/C(=C\c1ccc(Cl)cc1)C(=O)/C=C/c1ccc(Cl)cc1. The average molecular weight is 361 g/mol. The van der Waals surface area contributed by atoms with Crippen LogP contribution in [0.5, 0.6) is 0 Å². The largest absolute Gasteiger partial charge is 0.465 e. The molecule has 0 radical (unpaired) electrons. The number of hydrogen-bond acceptors (Lipinski definition) is 3. The maximum absolute atomic E-state index is 12.3. The number of halogens is 2. The van der Waals surface area contributed by atoms with Crippen molar-refractivity contribution < 1.29 is 14.3 Å². The van der Waals surface area contributed by atoms with Gasteiger partial charge in [0.2, 0.25) is 0 Å². The molecule has 0 aromatic heterocycles. The average Bonchev–Trinajstić information content (AvgIpc) is 2.60. The highest BCUT2D eigenvalue weighted by atomic mass is 35.5. The molecule has 0 amide bonds. The lowest BCUT2D eigenvalue weighted by Crippen LogP contribution is -2.12. The lowest BCUT2D eigenvalue weighted by atomic mass is 10.1. The molecule has 0 N–H and O–H groups in total. The van der Waals surface area contributed by atoms with Crippen LogP contribution in [-0.4, -0.2) is 18.9 Å². The Balaban J connectivity index is 2.26. The topological polar surface area (TPSA) is 43.4 Å². The zero-order chi connectivity index (χ0) is 17.5. The molecular weight excluding hydrogens is 347 g/mol. The van der Waals surface area contributed by atoms with E-state index in [1.807, 2.05) is 0 Å². The molecule has 0 atom stereocenters. The van der Waals surface area contributed by atoms with Crippen LogP contribution in [0, 0.1) is 0 Å². The van der Waals surface area contributed by atoms with E-state index in [2.05, 4.69) is 0 Å². The summed E-state index contributed by atoms with van der Waals surface area (Å²) in [7, 11) is 1.23. The second-order valence-corrected chi connectivity index (χ2v) is 5.72. The molecule has 0 saturated carbocycles. The molecule has 0 unspecified atom stereocenters. The van der Waals surface area contributed by atoms with Crippen LogP contribution in [0.25, 0.3) is 12.2 Å². The second-order valence-electron chi connectivity index (χ2n) is 4.85. The Hall–Kier alpha value is -2.36. The third-order valence-electron chi connectivity index (χ3n) is 3.15. The van der Waals surface area contributed by atoms with Gasteiger partial charge in [0.1, 0.15) is 5.57 Å². The molecule has 2 aromatic rings. The summed E-state index contributed by atoms with van der Waals surface area (Å²) in [6, 6.07) is 13.8. The number of carbonyl (C=O) groups is 2. The van der Waals surface area contributed by atoms with Crippen LogP contribution in [-0.2, 0) is 14.3 Å². The van der Waals surface area contributed by atoms with E-state index in [9.17, 15) is 9.59 Å². The standard InChI is InChI=1S/C19H14Cl2O3/c1-24-19(23)17(12-14-4-9-16(21)10-5-14)18(22)11-6-13-2-7-15(20)8-3-13/h2-12H,1H3/b11-6+,17-12-. The molecule has 122 valence electrons. The van der Waals surface area contributed by atoms with Gasteiger partial charge >= 0.3 is 5.97 Å². The predicted octanol–water partition coefficient (Wildman–Crippen LogP) is 4.83. The first kappa shape index (κ1) is 18.0. The summed E-state index contributed by atoms with van der Waals surface area (Å²) in [6.07, 6.45) is 4.40. The van der Waals surface area contributed by atoms with Crippen molar-refractivity contribution in [1.29, 1.82) is 0 Å². The maximum Gasteiger partial charge on any atom is 0.341 e. The van der Waals surface area contributed by atoms with Gasteiger partial charge in [-0.05, 0) is 47.5 Å². The van der Waals surface area contributed by atoms with Crippen LogP contribution in [0.4, 0.5) is 0 Å². The van der Waals surface area contributed by atoms with Crippen molar-refractivity contribution in [3.8, 4) is 0 Å². The normalized spacial score (nSPS) is 11.5. The first-order chi connectivity index (χ1) is 11.5. The van der Waals surface area contributed by atoms with Gasteiger partial charge in [-0.1, -0.05) is 53.5 Å². The molecule has 0 fully saturated rings. The highest BCUT2D eigenvalue weighted by molar-refractivity contribution is 6.31. The first-order valence-electron chi connectivity index (χ1n) is 7.03. The summed E-state index contributed by atoms with van der Waals surface area (Å²) in [5.74, 6) is -1.15. The molecule has 3 nitrogen and oxygen atoms in total. The number of esters is 1. The number of ether oxygens (including phenoxy) is 1. The smallest absolute Gasteiger partial charge is 0.341 e. The number of methoxy groups -OCH3 is 1. The summed E-state index contributed by atoms with van der Waals surface area (Å²) in [5, 5.41) is 1.18. The highest BCUT2D eigenvalue weighted by Crippen LogP contribution is 2.15. The van der Waals surface area contributed by atoms with Crippen LogP contribution in [0.3, 0.4) is 0 Å². The zero-order valence-corrected chi connectivity index (χ0v) is 14.3. The highest BCUT2D eigenvalue weighted by Gasteiger charge is 2.16. The van der Waals surface area contributed by atoms with Gasteiger partial charge < -0.3 is 4.74 Å². The van der Waals surface area contributed by atoms with Crippen molar-refractivity contribution in [3.63, 3.8) is 0 Å². The Morgan fingerprint density at radius 1 is 0.875 bits per heavy atom. The molecule has 0 aliphatic carbocycles. The van der Waals surface area contributed by atoms with Crippen LogP contribution in [0.15, 0.2) is 60.2 Å². The van der Waals surface area contributed by atoms with Crippen LogP contribution in [0.1, 0.15) is 11.1 Å². The summed E-state index contributed by atoms with van der Waals surface area (Å²) in [4.78, 5) is 24.2. The third-order valence-corrected chi connectivity index (χ3v) is 3.65. The Kier molecular flexibility index (Phi) is 6.36. The van der Waals surface area contributed by atoms with Crippen LogP contribution >= 0.6 is 23.2 Å². The van der Waals surface area contributed by atoms with Gasteiger partial charge in [0.25, 0.3) is 0 Å². The second kappa shape index (κ2) is 8.48. The fraction of sp³-hybridized carbons (Fsp3) is 0.0526.